The summed E-state index contributed by atoms with van der Waals surface area (Å²) in [5.41, 5.74) is 21.1. The maximum atomic E-state index is 6.64. The monoisotopic (exact) mass is 454 g/mol. The summed E-state index contributed by atoms with van der Waals surface area (Å²) in [6.07, 6.45) is 8.07. The third kappa shape index (κ3) is 3.56. The Morgan fingerprint density at radius 2 is 1.84 bits per heavy atom. The summed E-state index contributed by atoms with van der Waals surface area (Å²) in [5.74, 6) is 1.34. The zero-order valence-electron chi connectivity index (χ0n) is 16.8. The molecular formula is C21H23ClN8S. The average Bonchev–Trinajstić information content (AvgIpc) is 3.05. The summed E-state index contributed by atoms with van der Waals surface area (Å²) in [5, 5.41) is 0.403. The van der Waals surface area contributed by atoms with Crippen molar-refractivity contribution >= 4 is 40.9 Å². The van der Waals surface area contributed by atoms with Gasteiger partial charge in [0.1, 0.15) is 11.6 Å². The number of fused-ring (bicyclic) bond motifs is 1. The van der Waals surface area contributed by atoms with Crippen molar-refractivity contribution in [3.8, 4) is 0 Å². The zero-order chi connectivity index (χ0) is 21.6. The molecule has 6 N–H and O–H groups in total. The third-order valence-electron chi connectivity index (χ3n) is 6.35. The molecule has 0 radical (unpaired) electrons. The second kappa shape index (κ2) is 7.81. The van der Waals surface area contributed by atoms with Crippen molar-refractivity contribution in [1.82, 2.24) is 19.9 Å². The number of nitrogen functional groups attached to an aromatic ring is 2. The molecule has 4 heterocycles. The van der Waals surface area contributed by atoms with Crippen LogP contribution in [0, 0.1) is 5.41 Å². The second-order valence-electron chi connectivity index (χ2n) is 8.07. The van der Waals surface area contributed by atoms with E-state index < -0.39 is 0 Å². The van der Waals surface area contributed by atoms with E-state index in [0.717, 1.165) is 47.8 Å². The molecule has 160 valence electrons. The molecule has 0 amide bonds. The predicted molar refractivity (Wildman–Crippen MR) is 123 cm³/mol. The Morgan fingerprint density at radius 3 is 2.58 bits per heavy atom. The van der Waals surface area contributed by atoms with E-state index >= 15 is 0 Å². The maximum absolute atomic E-state index is 6.64. The molecule has 10 heteroatoms. The number of aromatic nitrogens is 4. The molecule has 1 spiro atoms. The van der Waals surface area contributed by atoms with Crippen LogP contribution in [0.1, 0.15) is 30.1 Å². The van der Waals surface area contributed by atoms with Gasteiger partial charge in [-0.2, -0.15) is 4.98 Å². The highest BCUT2D eigenvalue weighted by molar-refractivity contribution is 7.99. The van der Waals surface area contributed by atoms with Gasteiger partial charge < -0.3 is 22.1 Å². The lowest BCUT2D eigenvalue weighted by Gasteiger charge is -2.42. The van der Waals surface area contributed by atoms with Gasteiger partial charge in [-0.1, -0.05) is 29.4 Å². The van der Waals surface area contributed by atoms with Gasteiger partial charge in [-0.3, -0.25) is 4.98 Å². The molecule has 1 aliphatic carbocycles. The van der Waals surface area contributed by atoms with Crippen LogP contribution in [0.3, 0.4) is 0 Å². The van der Waals surface area contributed by atoms with Crippen molar-refractivity contribution in [2.75, 3.05) is 29.5 Å². The van der Waals surface area contributed by atoms with E-state index in [-0.39, 0.29) is 17.3 Å². The van der Waals surface area contributed by atoms with Crippen molar-refractivity contribution in [1.29, 1.82) is 0 Å². The van der Waals surface area contributed by atoms with Gasteiger partial charge in [-0.25, -0.2) is 9.97 Å². The van der Waals surface area contributed by atoms with Crippen LogP contribution in [0.4, 0.5) is 17.6 Å². The standard InChI is InChI=1S/C21H23ClN8S/c22-16-14(3-7-27-19(16)25)31-15-11-28-20(29-18(15)24)30-8-4-21(5-9-30)10-13-12(17(21)23)2-1-6-26-13/h1-3,6-7,11,17H,4-5,8-10,23H2,(H2,25,27)(H2,24,28,29)/t17-/m1/s1. The van der Waals surface area contributed by atoms with Gasteiger partial charge >= 0.3 is 0 Å². The lowest BCUT2D eigenvalue weighted by Crippen LogP contribution is -2.45. The summed E-state index contributed by atoms with van der Waals surface area (Å²) in [4.78, 5) is 21.3. The SMILES string of the molecule is Nc1nc(N2CCC3(CC2)Cc2ncccc2[C@H]3N)ncc1Sc1ccnc(N)c1Cl. The molecule has 1 saturated heterocycles. The Hall–Kier alpha value is -2.62. The van der Waals surface area contributed by atoms with Crippen LogP contribution >= 0.6 is 23.4 Å². The van der Waals surface area contributed by atoms with Gasteiger partial charge in [0.05, 0.1) is 9.92 Å². The number of nitrogens with zero attached hydrogens (tertiary/aromatic N) is 5. The molecule has 0 bridgehead atoms. The van der Waals surface area contributed by atoms with Crippen molar-refractivity contribution in [3.63, 3.8) is 0 Å². The summed E-state index contributed by atoms with van der Waals surface area (Å²) in [7, 11) is 0. The number of hydrogen-bond donors (Lipinski definition) is 3. The molecule has 8 nitrogen and oxygen atoms in total. The van der Waals surface area contributed by atoms with E-state index in [0.29, 0.717) is 16.8 Å². The highest BCUT2D eigenvalue weighted by atomic mass is 35.5. The highest BCUT2D eigenvalue weighted by Gasteiger charge is 2.46. The topological polar surface area (TPSA) is 133 Å². The minimum absolute atomic E-state index is 0.0284. The molecule has 1 fully saturated rings. The Bertz CT molecular complexity index is 1130. The van der Waals surface area contributed by atoms with Crippen molar-refractivity contribution in [2.45, 2.75) is 35.1 Å². The van der Waals surface area contributed by atoms with E-state index in [1.165, 1.54) is 17.3 Å². The Morgan fingerprint density at radius 1 is 1.03 bits per heavy atom. The molecule has 1 aliphatic heterocycles. The molecular weight excluding hydrogens is 432 g/mol. The Labute approximate surface area is 189 Å². The van der Waals surface area contributed by atoms with E-state index in [2.05, 4.69) is 30.9 Å². The first-order valence-electron chi connectivity index (χ1n) is 10.1. The van der Waals surface area contributed by atoms with Gasteiger partial charge in [-0.15, -0.1) is 0 Å². The lowest BCUT2D eigenvalue weighted by molar-refractivity contribution is 0.186. The third-order valence-corrected chi connectivity index (χ3v) is 7.96. The lowest BCUT2D eigenvalue weighted by atomic mass is 9.73. The number of halogens is 1. The maximum Gasteiger partial charge on any atom is 0.227 e. The first kappa shape index (κ1) is 20.3. The van der Waals surface area contributed by atoms with Crippen LogP contribution in [-0.2, 0) is 6.42 Å². The highest BCUT2D eigenvalue weighted by Crippen LogP contribution is 2.50. The van der Waals surface area contributed by atoms with E-state index in [1.807, 2.05) is 12.3 Å². The molecule has 5 rings (SSSR count). The molecule has 0 saturated carbocycles. The van der Waals surface area contributed by atoms with Crippen molar-refractivity contribution in [2.24, 2.45) is 11.1 Å². The fourth-order valence-electron chi connectivity index (χ4n) is 4.54. The number of rotatable bonds is 3. The molecule has 3 aromatic heterocycles. The van der Waals surface area contributed by atoms with Gasteiger partial charge in [0, 0.05) is 48.3 Å². The summed E-state index contributed by atoms with van der Waals surface area (Å²) >= 11 is 7.62. The fraction of sp³-hybridized carbons (Fsp3) is 0.333. The average molecular weight is 455 g/mol. The van der Waals surface area contributed by atoms with Crippen molar-refractivity contribution < 1.29 is 0 Å². The molecule has 3 aromatic rings. The Kier molecular flexibility index (Phi) is 5.11. The fourth-order valence-corrected chi connectivity index (χ4v) is 5.58. The van der Waals surface area contributed by atoms with Crippen LogP contribution in [-0.4, -0.2) is 33.0 Å². The first-order chi connectivity index (χ1) is 15.0. The van der Waals surface area contributed by atoms with Gasteiger partial charge in [0.25, 0.3) is 0 Å². The molecule has 2 aliphatic rings. The van der Waals surface area contributed by atoms with Crippen LogP contribution < -0.4 is 22.1 Å². The number of pyridine rings is 2. The second-order valence-corrected chi connectivity index (χ2v) is 9.53. The number of piperidine rings is 1. The predicted octanol–water partition coefficient (Wildman–Crippen LogP) is 3.08. The van der Waals surface area contributed by atoms with E-state index in [4.69, 9.17) is 28.8 Å². The summed E-state index contributed by atoms with van der Waals surface area (Å²) < 4.78 is 0. The molecule has 0 unspecified atom stereocenters. The zero-order valence-corrected chi connectivity index (χ0v) is 18.4. The van der Waals surface area contributed by atoms with Crippen molar-refractivity contribution in [3.05, 3.63) is 53.1 Å². The summed E-state index contributed by atoms with van der Waals surface area (Å²) in [6.45, 7) is 1.67. The van der Waals surface area contributed by atoms with Crippen LogP contribution in [0.5, 0.6) is 0 Å². The molecule has 31 heavy (non-hydrogen) atoms. The van der Waals surface area contributed by atoms with Crippen LogP contribution in [0.25, 0.3) is 0 Å². The number of nitrogens with two attached hydrogens (primary N) is 3. The number of hydrogen-bond acceptors (Lipinski definition) is 9. The molecule has 0 aromatic carbocycles. The van der Waals surface area contributed by atoms with Gasteiger partial charge in [0.2, 0.25) is 5.95 Å². The Balaban J connectivity index is 1.29. The van der Waals surface area contributed by atoms with Gasteiger partial charge in [0.15, 0.2) is 0 Å². The van der Waals surface area contributed by atoms with E-state index in [9.17, 15) is 0 Å². The van der Waals surface area contributed by atoms with Crippen LogP contribution in [0.15, 0.2) is 46.6 Å². The largest absolute Gasteiger partial charge is 0.383 e. The van der Waals surface area contributed by atoms with E-state index in [1.54, 1.807) is 18.5 Å². The smallest absolute Gasteiger partial charge is 0.227 e. The minimum Gasteiger partial charge on any atom is -0.383 e. The first-order valence-corrected chi connectivity index (χ1v) is 11.3. The molecule has 1 atom stereocenters. The van der Waals surface area contributed by atoms with Crippen LogP contribution in [0.2, 0.25) is 5.02 Å². The quantitative estimate of drug-likeness (QED) is 0.545. The normalized spacial score (nSPS) is 19.5. The van der Waals surface area contributed by atoms with Gasteiger partial charge in [-0.05, 0) is 42.4 Å². The summed E-state index contributed by atoms with van der Waals surface area (Å²) in [6, 6.07) is 5.90. The minimum atomic E-state index is 0.0284. The number of anilines is 3.